The van der Waals surface area contributed by atoms with E-state index >= 15 is 0 Å². The van der Waals surface area contributed by atoms with E-state index in [2.05, 4.69) is 15.0 Å². The Hall–Kier alpha value is -2.39. The monoisotopic (exact) mass is 403 g/mol. The molecule has 2 aliphatic rings. The first-order valence-electron chi connectivity index (χ1n) is 8.98. The Balaban J connectivity index is 1.32. The highest BCUT2D eigenvalue weighted by atomic mass is 35.5. The number of rotatable bonds is 5. The van der Waals surface area contributed by atoms with Crippen LogP contribution in [0.4, 0.5) is 0 Å². The van der Waals surface area contributed by atoms with Gasteiger partial charge in [0.15, 0.2) is 11.8 Å². The zero-order chi connectivity index (χ0) is 19.1. The van der Waals surface area contributed by atoms with Crippen LogP contribution in [-0.4, -0.2) is 57.7 Å². The van der Waals surface area contributed by atoms with Crippen LogP contribution in [0.15, 0.2) is 36.4 Å². The number of aliphatic hydroxyl groups excluding tert-OH is 1. The molecule has 2 fully saturated rings. The van der Waals surface area contributed by atoms with Crippen LogP contribution < -0.4 is 9.47 Å². The Labute approximate surface area is 165 Å². The lowest BCUT2D eigenvalue weighted by atomic mass is 10.1. The minimum absolute atomic E-state index is 0.245. The van der Waals surface area contributed by atoms with Gasteiger partial charge in [-0.15, -0.1) is 0 Å². The molecule has 146 valence electrons. The Morgan fingerprint density at radius 1 is 1.14 bits per heavy atom. The van der Waals surface area contributed by atoms with E-state index in [1.54, 1.807) is 6.07 Å². The summed E-state index contributed by atoms with van der Waals surface area (Å²) in [6, 6.07) is 11.8. The number of hydrogen-bond donors (Lipinski definition) is 2. The fourth-order valence-electron chi connectivity index (χ4n) is 3.45. The number of hydrogen-bond acceptors (Lipinski definition) is 7. The van der Waals surface area contributed by atoms with Crippen LogP contribution in [0, 0.1) is 0 Å². The summed E-state index contributed by atoms with van der Waals surface area (Å²) in [6.45, 7) is 0.923. The minimum atomic E-state index is -0.626. The third-order valence-corrected chi connectivity index (χ3v) is 5.11. The van der Waals surface area contributed by atoms with Crippen molar-refractivity contribution < 1.29 is 24.1 Å². The number of ether oxygens (including phenoxy) is 4. The first-order valence-corrected chi connectivity index (χ1v) is 9.36. The molecule has 0 amide bonds. The SMILES string of the molecule is O[C@@H]1CO[C@H]2[C@@H]1OC[C@H]2Oc1nc2nc(OCc3ccccc3)c(Cl)cc2[nH]1. The number of nitrogens with one attached hydrogen (secondary N) is 1. The van der Waals surface area contributed by atoms with E-state index in [0.29, 0.717) is 35.3 Å². The summed E-state index contributed by atoms with van der Waals surface area (Å²) in [5.74, 6) is 0.308. The molecule has 4 heterocycles. The molecular weight excluding hydrogens is 386 g/mol. The number of aromatic amines is 1. The molecule has 1 aromatic carbocycles. The molecule has 3 aromatic rings. The molecule has 0 radical (unpaired) electrons. The van der Waals surface area contributed by atoms with Gasteiger partial charge in [0.05, 0.1) is 18.7 Å². The molecule has 4 atom stereocenters. The van der Waals surface area contributed by atoms with Crippen LogP contribution in [0.1, 0.15) is 5.56 Å². The molecule has 28 heavy (non-hydrogen) atoms. The fourth-order valence-corrected chi connectivity index (χ4v) is 3.66. The minimum Gasteiger partial charge on any atom is -0.472 e. The maximum atomic E-state index is 9.82. The Morgan fingerprint density at radius 2 is 1.96 bits per heavy atom. The van der Waals surface area contributed by atoms with Gasteiger partial charge in [0.25, 0.3) is 6.01 Å². The van der Waals surface area contributed by atoms with E-state index < -0.39 is 6.10 Å². The number of aromatic nitrogens is 3. The van der Waals surface area contributed by atoms with Crippen molar-refractivity contribution in [2.45, 2.75) is 31.0 Å². The van der Waals surface area contributed by atoms with Crippen molar-refractivity contribution in [2.75, 3.05) is 13.2 Å². The van der Waals surface area contributed by atoms with Gasteiger partial charge >= 0.3 is 0 Å². The van der Waals surface area contributed by atoms with Gasteiger partial charge in [-0.3, -0.25) is 0 Å². The lowest BCUT2D eigenvalue weighted by Crippen LogP contribution is -2.34. The average molecular weight is 404 g/mol. The largest absolute Gasteiger partial charge is 0.472 e. The highest BCUT2D eigenvalue weighted by Gasteiger charge is 2.48. The molecule has 2 saturated heterocycles. The number of halogens is 1. The summed E-state index contributed by atoms with van der Waals surface area (Å²) in [6.07, 6.45) is -1.66. The van der Waals surface area contributed by atoms with Crippen LogP contribution in [0.5, 0.6) is 11.9 Å². The second-order valence-corrected chi connectivity index (χ2v) is 7.19. The molecule has 9 heteroatoms. The van der Waals surface area contributed by atoms with E-state index in [1.807, 2.05) is 30.3 Å². The number of aliphatic hydroxyl groups is 1. The van der Waals surface area contributed by atoms with E-state index in [4.69, 9.17) is 30.5 Å². The zero-order valence-corrected chi connectivity index (χ0v) is 15.5. The number of pyridine rings is 1. The van der Waals surface area contributed by atoms with Crippen LogP contribution in [0.25, 0.3) is 11.2 Å². The first-order chi connectivity index (χ1) is 13.7. The Morgan fingerprint density at radius 3 is 2.82 bits per heavy atom. The normalized spacial score (nSPS) is 26.5. The number of imidazole rings is 1. The standard InChI is InChI=1S/C19H18ClN3O5/c20-11-6-12-17(22-18(11)27-7-10-4-2-1-3-5-10)23-19(21-12)28-14-9-26-15-13(24)8-25-16(14)15/h1-6,13-16,24H,7-9H2,(H,21,22,23)/t13-,14-,15-,16-/m1/s1. The second-order valence-electron chi connectivity index (χ2n) is 6.78. The summed E-state index contributed by atoms with van der Waals surface area (Å²) >= 11 is 6.29. The molecule has 8 nitrogen and oxygen atoms in total. The van der Waals surface area contributed by atoms with Gasteiger partial charge in [-0.05, 0) is 11.6 Å². The molecule has 0 spiro atoms. The molecule has 5 rings (SSSR count). The van der Waals surface area contributed by atoms with Gasteiger partial charge in [0.2, 0.25) is 5.88 Å². The molecule has 0 bridgehead atoms. The number of nitrogens with zero attached hydrogens (tertiary/aromatic N) is 2. The highest BCUT2D eigenvalue weighted by Crippen LogP contribution is 2.31. The van der Waals surface area contributed by atoms with Gasteiger partial charge in [-0.25, -0.2) is 0 Å². The molecule has 0 unspecified atom stereocenters. The zero-order valence-electron chi connectivity index (χ0n) is 14.7. The van der Waals surface area contributed by atoms with Gasteiger partial charge in [-0.1, -0.05) is 41.9 Å². The summed E-state index contributed by atoms with van der Waals surface area (Å²) < 4.78 is 22.7. The van der Waals surface area contributed by atoms with Crippen molar-refractivity contribution in [2.24, 2.45) is 0 Å². The van der Waals surface area contributed by atoms with Gasteiger partial charge in [0, 0.05) is 0 Å². The lowest BCUT2D eigenvalue weighted by molar-refractivity contribution is 0.00706. The van der Waals surface area contributed by atoms with Crippen molar-refractivity contribution in [3.05, 3.63) is 47.0 Å². The highest BCUT2D eigenvalue weighted by molar-refractivity contribution is 6.32. The number of H-pyrrole nitrogens is 1. The maximum Gasteiger partial charge on any atom is 0.296 e. The van der Waals surface area contributed by atoms with Crippen molar-refractivity contribution in [3.8, 4) is 11.9 Å². The van der Waals surface area contributed by atoms with Gasteiger partial charge < -0.3 is 29.0 Å². The van der Waals surface area contributed by atoms with E-state index in [-0.39, 0.29) is 30.9 Å². The Kier molecular flexibility index (Phi) is 4.56. The third kappa shape index (κ3) is 3.29. The predicted molar refractivity (Wildman–Crippen MR) is 99.6 cm³/mol. The quantitative estimate of drug-likeness (QED) is 0.673. The summed E-state index contributed by atoms with van der Waals surface area (Å²) in [5.41, 5.74) is 2.08. The van der Waals surface area contributed by atoms with Crippen LogP contribution >= 0.6 is 11.6 Å². The van der Waals surface area contributed by atoms with Crippen molar-refractivity contribution in [1.82, 2.24) is 15.0 Å². The summed E-state index contributed by atoms with van der Waals surface area (Å²) in [4.78, 5) is 11.8. The number of fused-ring (bicyclic) bond motifs is 2. The molecule has 2 aromatic heterocycles. The second kappa shape index (κ2) is 7.21. The van der Waals surface area contributed by atoms with Crippen LogP contribution in [0.3, 0.4) is 0 Å². The molecule has 2 N–H and O–H groups in total. The molecule has 0 aliphatic carbocycles. The van der Waals surface area contributed by atoms with Gasteiger partial charge in [-0.2, -0.15) is 9.97 Å². The number of benzene rings is 1. The smallest absolute Gasteiger partial charge is 0.296 e. The van der Waals surface area contributed by atoms with Gasteiger partial charge in [0.1, 0.15) is 29.9 Å². The molecular formula is C19H18ClN3O5. The molecule has 0 saturated carbocycles. The van der Waals surface area contributed by atoms with E-state index in [1.165, 1.54) is 0 Å². The van der Waals surface area contributed by atoms with E-state index in [0.717, 1.165) is 5.56 Å². The first kappa shape index (κ1) is 17.7. The summed E-state index contributed by atoms with van der Waals surface area (Å²) in [5, 5.41) is 10.2. The van der Waals surface area contributed by atoms with E-state index in [9.17, 15) is 5.11 Å². The topological polar surface area (TPSA) is 98.7 Å². The van der Waals surface area contributed by atoms with Crippen molar-refractivity contribution in [1.29, 1.82) is 0 Å². The lowest BCUT2D eigenvalue weighted by Gasteiger charge is -2.15. The average Bonchev–Trinajstić information content (AvgIpc) is 3.38. The third-order valence-electron chi connectivity index (χ3n) is 4.84. The Bertz CT molecular complexity index is 982. The summed E-state index contributed by atoms with van der Waals surface area (Å²) in [7, 11) is 0. The van der Waals surface area contributed by atoms with Crippen LogP contribution in [0.2, 0.25) is 5.02 Å². The van der Waals surface area contributed by atoms with Crippen molar-refractivity contribution in [3.63, 3.8) is 0 Å². The molecule has 2 aliphatic heterocycles. The maximum absolute atomic E-state index is 9.82. The van der Waals surface area contributed by atoms with Crippen LogP contribution in [-0.2, 0) is 16.1 Å². The predicted octanol–water partition coefficient (Wildman–Crippen LogP) is 2.10. The fraction of sp³-hybridized carbons (Fsp3) is 0.368. The van der Waals surface area contributed by atoms with Crippen molar-refractivity contribution >= 4 is 22.8 Å².